The van der Waals surface area contributed by atoms with Crippen molar-refractivity contribution in [3.05, 3.63) is 68.7 Å². The zero-order valence-electron chi connectivity index (χ0n) is 14.9. The first kappa shape index (κ1) is 20.4. The van der Waals surface area contributed by atoms with Gasteiger partial charge < -0.3 is 14.4 Å². The molecule has 1 aliphatic rings. The molecule has 1 saturated heterocycles. The molecule has 0 aromatic heterocycles. The van der Waals surface area contributed by atoms with E-state index in [4.69, 9.17) is 20.9 Å². The van der Waals surface area contributed by atoms with Crippen LogP contribution < -0.4 is 5.32 Å². The van der Waals surface area contributed by atoms with Crippen molar-refractivity contribution in [2.75, 3.05) is 18.5 Å². The third-order valence-electron chi connectivity index (χ3n) is 4.15. The van der Waals surface area contributed by atoms with Crippen molar-refractivity contribution in [3.63, 3.8) is 0 Å². The molecule has 9 heteroatoms. The summed E-state index contributed by atoms with van der Waals surface area (Å²) in [6.45, 7) is 2.45. The number of hydrogen-bond acceptors (Lipinski definition) is 6. The van der Waals surface area contributed by atoms with Crippen LogP contribution in [0.1, 0.15) is 25.2 Å². The Bertz CT molecular complexity index is 860. The van der Waals surface area contributed by atoms with Crippen LogP contribution in [-0.2, 0) is 20.9 Å². The number of nitro benzene ring substituents is 1. The van der Waals surface area contributed by atoms with Crippen LogP contribution >= 0.6 is 22.4 Å². The van der Waals surface area contributed by atoms with Crippen LogP contribution in [-0.4, -0.2) is 18.1 Å². The number of halogens is 1. The maximum absolute atomic E-state index is 11.0. The highest BCUT2D eigenvalue weighted by Crippen LogP contribution is 2.64. The summed E-state index contributed by atoms with van der Waals surface area (Å²) in [5.41, 5.74) is 1.60. The Morgan fingerprint density at radius 3 is 2.22 bits per heavy atom. The van der Waals surface area contributed by atoms with Crippen LogP contribution in [0, 0.1) is 15.5 Å². The molecular formula is C18H20BrN2O4PS. The first-order chi connectivity index (χ1) is 12.7. The summed E-state index contributed by atoms with van der Waals surface area (Å²) in [6, 6.07) is 14.1. The van der Waals surface area contributed by atoms with Crippen molar-refractivity contribution in [1.82, 2.24) is 0 Å². The number of nitrogens with zero attached hydrogens (tertiary/aromatic N) is 1. The number of nitro groups is 1. The summed E-state index contributed by atoms with van der Waals surface area (Å²) in [4.78, 5) is 10.5. The van der Waals surface area contributed by atoms with Crippen molar-refractivity contribution < 1.29 is 14.0 Å². The second-order valence-corrected chi connectivity index (χ2v) is 11.7. The first-order valence-corrected chi connectivity index (χ1v) is 11.8. The van der Waals surface area contributed by atoms with Gasteiger partial charge in [0.25, 0.3) is 5.69 Å². The second-order valence-electron chi connectivity index (χ2n) is 7.15. The molecule has 0 unspecified atom stereocenters. The molecule has 0 radical (unpaired) electrons. The van der Waals surface area contributed by atoms with Crippen LogP contribution in [0.3, 0.4) is 0 Å². The molecule has 1 N–H and O–H groups in total. The topological polar surface area (TPSA) is 73.6 Å². The Hall–Kier alpha value is -1.31. The van der Waals surface area contributed by atoms with Crippen molar-refractivity contribution in [3.8, 4) is 0 Å². The molecule has 2 aromatic carbocycles. The number of rotatable bonds is 5. The summed E-state index contributed by atoms with van der Waals surface area (Å²) in [5.74, 6) is -0.412. The van der Waals surface area contributed by atoms with Gasteiger partial charge in [-0.15, -0.1) is 0 Å². The van der Waals surface area contributed by atoms with Crippen LogP contribution in [0.5, 0.6) is 0 Å². The lowest BCUT2D eigenvalue weighted by molar-refractivity contribution is -0.384. The molecule has 1 fully saturated rings. The molecule has 1 aliphatic heterocycles. The molecular weight excluding hydrogens is 451 g/mol. The number of hydrogen-bond donors (Lipinski definition) is 1. The summed E-state index contributed by atoms with van der Waals surface area (Å²) < 4.78 is 13.1. The highest BCUT2D eigenvalue weighted by atomic mass is 79.9. The highest BCUT2D eigenvalue weighted by Gasteiger charge is 2.40. The molecule has 6 nitrogen and oxygen atoms in total. The Morgan fingerprint density at radius 2 is 1.70 bits per heavy atom. The SMILES string of the molecule is CC1(C)COP(=S)([C@H](Nc2ccc(Br)cc2)c2ccc([N+](=O)[O-])cc2)OC1. The van der Waals surface area contributed by atoms with Crippen LogP contribution in [0.2, 0.25) is 0 Å². The molecule has 144 valence electrons. The molecule has 3 rings (SSSR count). The average Bonchev–Trinajstić information content (AvgIpc) is 2.64. The van der Waals surface area contributed by atoms with Gasteiger partial charge in [0, 0.05) is 27.7 Å². The van der Waals surface area contributed by atoms with Crippen molar-refractivity contribution in [2.45, 2.75) is 19.6 Å². The molecule has 2 aromatic rings. The molecule has 0 aliphatic carbocycles. The van der Waals surface area contributed by atoms with Gasteiger partial charge in [-0.1, -0.05) is 29.8 Å². The van der Waals surface area contributed by atoms with E-state index in [1.807, 2.05) is 24.3 Å². The van der Waals surface area contributed by atoms with Gasteiger partial charge >= 0.3 is 0 Å². The Morgan fingerprint density at radius 1 is 1.15 bits per heavy atom. The van der Waals surface area contributed by atoms with Crippen LogP contribution in [0.4, 0.5) is 11.4 Å². The Kier molecular flexibility index (Phi) is 6.03. The zero-order chi connectivity index (χ0) is 19.7. The minimum Gasteiger partial charge on any atom is -0.370 e. The minimum absolute atomic E-state index is 0.0320. The van der Waals surface area contributed by atoms with Crippen molar-refractivity contribution >= 4 is 45.6 Å². The standard InChI is InChI=1S/C18H20BrN2O4PS/c1-18(2)11-24-26(27,25-12-18)17(20-15-7-5-14(19)6-8-15)13-3-9-16(10-4-13)21(22)23/h3-10,17,20H,11-12H2,1-2H3/t17-/m0/s1. The summed E-state index contributed by atoms with van der Waals surface area (Å²) in [7, 11) is 0. The molecule has 1 heterocycles. The third kappa shape index (κ3) is 4.95. The number of benzene rings is 2. The molecule has 0 spiro atoms. The lowest BCUT2D eigenvalue weighted by Gasteiger charge is -2.40. The van der Waals surface area contributed by atoms with Gasteiger partial charge in [-0.2, -0.15) is 0 Å². The van der Waals surface area contributed by atoms with Gasteiger partial charge in [0.05, 0.1) is 18.1 Å². The quantitative estimate of drug-likeness (QED) is 0.335. The number of non-ortho nitro benzene ring substituents is 1. The lowest BCUT2D eigenvalue weighted by atomic mass is 9.97. The average molecular weight is 471 g/mol. The Labute approximate surface area is 171 Å². The Balaban J connectivity index is 1.94. The minimum atomic E-state index is -2.70. The fourth-order valence-corrected chi connectivity index (χ4v) is 5.96. The van der Waals surface area contributed by atoms with Gasteiger partial charge in [-0.3, -0.25) is 10.1 Å². The maximum Gasteiger partial charge on any atom is 0.269 e. The molecule has 0 saturated carbocycles. The second kappa shape index (κ2) is 7.97. The third-order valence-corrected chi connectivity index (χ3v) is 7.99. The van der Waals surface area contributed by atoms with Gasteiger partial charge in [-0.05, 0) is 53.8 Å². The van der Waals surface area contributed by atoms with E-state index >= 15 is 0 Å². The van der Waals surface area contributed by atoms with E-state index in [-0.39, 0.29) is 11.1 Å². The van der Waals surface area contributed by atoms with Crippen LogP contribution in [0.25, 0.3) is 0 Å². The van der Waals surface area contributed by atoms with E-state index in [1.165, 1.54) is 12.1 Å². The predicted octanol–water partition coefficient (Wildman–Crippen LogP) is 5.85. The van der Waals surface area contributed by atoms with E-state index in [1.54, 1.807) is 12.1 Å². The van der Waals surface area contributed by atoms with Gasteiger partial charge in [0.2, 0.25) is 6.49 Å². The first-order valence-electron chi connectivity index (χ1n) is 8.34. The van der Waals surface area contributed by atoms with E-state index < -0.39 is 17.2 Å². The lowest BCUT2D eigenvalue weighted by Crippen LogP contribution is -2.31. The van der Waals surface area contributed by atoms with Crippen LogP contribution in [0.15, 0.2) is 53.0 Å². The van der Waals surface area contributed by atoms with Gasteiger partial charge in [0.1, 0.15) is 5.78 Å². The van der Waals surface area contributed by atoms with E-state index in [9.17, 15) is 10.1 Å². The number of nitrogens with one attached hydrogen (secondary N) is 1. The summed E-state index contributed by atoms with van der Waals surface area (Å²) in [6.07, 6.45) is 0. The smallest absolute Gasteiger partial charge is 0.269 e. The van der Waals surface area contributed by atoms with Gasteiger partial charge in [-0.25, -0.2) is 0 Å². The fourth-order valence-electron chi connectivity index (χ4n) is 2.58. The summed E-state index contributed by atoms with van der Waals surface area (Å²) in [5, 5.41) is 14.4. The van der Waals surface area contributed by atoms with Crippen molar-refractivity contribution in [2.24, 2.45) is 5.41 Å². The summed E-state index contributed by atoms with van der Waals surface area (Å²) >= 11 is 9.25. The van der Waals surface area contributed by atoms with E-state index in [0.29, 0.717) is 13.2 Å². The monoisotopic (exact) mass is 470 g/mol. The van der Waals surface area contributed by atoms with E-state index in [2.05, 4.69) is 35.1 Å². The fraction of sp³-hybridized carbons (Fsp3) is 0.333. The largest absolute Gasteiger partial charge is 0.370 e. The predicted molar refractivity (Wildman–Crippen MR) is 114 cm³/mol. The normalized spacial score (nSPS) is 19.2. The molecule has 0 bridgehead atoms. The molecule has 0 amide bonds. The number of anilines is 1. The zero-order valence-corrected chi connectivity index (χ0v) is 18.2. The highest BCUT2D eigenvalue weighted by molar-refractivity contribution is 9.10. The van der Waals surface area contributed by atoms with E-state index in [0.717, 1.165) is 15.7 Å². The molecule has 1 atom stereocenters. The maximum atomic E-state index is 11.0. The van der Waals surface area contributed by atoms with Crippen molar-refractivity contribution in [1.29, 1.82) is 0 Å². The van der Waals surface area contributed by atoms with Gasteiger partial charge in [0.15, 0.2) is 0 Å². The molecule has 27 heavy (non-hydrogen) atoms.